The SMILES string of the molecule is O=C1C=CC(=O)O1.[C-]#[N+]c1c(N=Nc2ccc(N(CCOCCOC(=O)/C=C\C(=O)[O-])Cc3ccccc3)cc2C)sc(C#N)c1C.[C-]#[N+]c1sc(N=Nc2ccc(N(CCOCCO)Cc3ccccc3)cc2C)c([N+]#[C-])c1C.[Na+]. The van der Waals surface area contributed by atoms with E-state index in [1.165, 1.54) is 16.9 Å². The predicted molar refractivity (Wildman–Crippen MR) is 301 cm³/mol. The fourth-order valence-electron chi connectivity index (χ4n) is 7.19. The molecule has 0 saturated heterocycles. The van der Waals surface area contributed by atoms with Crippen molar-refractivity contribution in [1.29, 1.82) is 5.26 Å². The van der Waals surface area contributed by atoms with E-state index in [-0.39, 0.29) is 49.4 Å². The van der Waals surface area contributed by atoms with Crippen LogP contribution in [0.4, 0.5) is 49.1 Å². The topological polar surface area (TPSA) is 241 Å². The first-order valence-corrected chi connectivity index (χ1v) is 26.0. The Bertz CT molecular complexity index is 3410. The maximum Gasteiger partial charge on any atom is 1.00 e. The van der Waals surface area contributed by atoms with Gasteiger partial charge in [0.2, 0.25) is 16.4 Å². The minimum atomic E-state index is -1.47. The van der Waals surface area contributed by atoms with Crippen molar-refractivity contribution in [1.82, 2.24) is 0 Å². The molecule has 7 rings (SSSR count). The number of aliphatic hydroxyl groups is 1. The van der Waals surface area contributed by atoms with Gasteiger partial charge in [0, 0.05) is 55.8 Å². The molecule has 0 fully saturated rings. The van der Waals surface area contributed by atoms with Gasteiger partial charge >= 0.3 is 47.5 Å². The number of aryl methyl sites for hydroxylation is 2. The Hall–Kier alpha value is -8.52. The smallest absolute Gasteiger partial charge is 0.545 e. The number of hydrogen-bond donors (Lipinski definition) is 1. The zero-order chi connectivity index (χ0) is 57.8. The Morgan fingerprint density at radius 3 is 1.60 bits per heavy atom. The van der Waals surface area contributed by atoms with Crippen molar-refractivity contribution in [2.45, 2.75) is 40.8 Å². The van der Waals surface area contributed by atoms with Gasteiger partial charge in [-0.25, -0.2) is 28.9 Å². The first kappa shape index (κ1) is 65.0. The molecule has 23 heteroatoms. The van der Waals surface area contributed by atoms with E-state index in [4.69, 9.17) is 39.0 Å². The summed E-state index contributed by atoms with van der Waals surface area (Å²) in [5, 5.41) is 47.2. The number of carboxylic acids is 1. The van der Waals surface area contributed by atoms with Crippen molar-refractivity contribution in [3.05, 3.63) is 194 Å². The molecule has 408 valence electrons. The molecule has 20 nitrogen and oxygen atoms in total. The molecule has 81 heavy (non-hydrogen) atoms. The quantitative estimate of drug-likeness (QED) is 0.0120. The van der Waals surface area contributed by atoms with Crippen LogP contribution in [0, 0.1) is 58.7 Å². The van der Waals surface area contributed by atoms with E-state index in [1.54, 1.807) is 13.8 Å². The summed E-state index contributed by atoms with van der Waals surface area (Å²) in [7, 11) is 0. The van der Waals surface area contributed by atoms with Gasteiger partial charge < -0.3 is 43.8 Å². The molecule has 4 aromatic carbocycles. The Morgan fingerprint density at radius 2 is 1.17 bits per heavy atom. The van der Waals surface area contributed by atoms with Crippen molar-refractivity contribution in [2.24, 2.45) is 20.5 Å². The predicted octanol–water partition coefficient (Wildman–Crippen LogP) is 8.60. The standard InChI is InChI=1S/C29H27N5O5S.C25H25N5O2S.C4H2O3.Na/c1-20-17-23(9-10-24(20)32-33-29-28(31-3)21(2)25(18-30)40-29)34(19-22-7-5-4-6-8-22)13-14-38-15-16-39-27(37)12-11-26(35)36;1-18-16-21(30(12-14-32-15-13-31)17-20-8-6-5-7-9-20)10-11-22(18)28-29-25-23(26-3)19(2)24(27-4)33-25;5-3-1-2-4(6)7-3;/h4-12,17H,13-16,19H2,1-2H3,(H,35,36);5-11,16,31H,12-15,17H2,1-2H3;1-2H;/q;;;+1/p-1/b12-11-,33-32?;;;. The number of azo groups is 2. The van der Waals surface area contributed by atoms with E-state index in [0.717, 1.165) is 64.2 Å². The molecule has 6 aromatic rings. The Balaban J connectivity index is 0.000000310. The number of nitriles is 1. The van der Waals surface area contributed by atoms with Gasteiger partial charge in [0.1, 0.15) is 22.7 Å². The van der Waals surface area contributed by atoms with Crippen LogP contribution in [0.1, 0.15) is 38.3 Å². The molecule has 1 aliphatic rings. The monoisotopic (exact) mass is 1140 g/mol. The second kappa shape index (κ2) is 34.5. The van der Waals surface area contributed by atoms with Gasteiger partial charge in [0.25, 0.3) is 0 Å². The zero-order valence-corrected chi connectivity index (χ0v) is 48.7. The van der Waals surface area contributed by atoms with Crippen molar-refractivity contribution in [3.63, 3.8) is 0 Å². The van der Waals surface area contributed by atoms with Gasteiger partial charge in [0.15, 0.2) is 0 Å². The van der Waals surface area contributed by atoms with Crippen LogP contribution in [-0.4, -0.2) is 81.7 Å². The molecule has 0 atom stereocenters. The molecule has 0 bridgehead atoms. The third-order valence-corrected chi connectivity index (χ3v) is 13.4. The van der Waals surface area contributed by atoms with Crippen molar-refractivity contribution in [3.8, 4) is 6.07 Å². The number of aliphatic carboxylic acids is 1. The van der Waals surface area contributed by atoms with E-state index >= 15 is 0 Å². The van der Waals surface area contributed by atoms with E-state index in [1.807, 2.05) is 92.7 Å². The number of esters is 3. The number of anilines is 2. The minimum Gasteiger partial charge on any atom is -0.545 e. The number of aliphatic hydroxyl groups excluding tert-OH is 1. The van der Waals surface area contributed by atoms with Crippen molar-refractivity contribution in [2.75, 3.05) is 62.5 Å². The van der Waals surface area contributed by atoms with Gasteiger partial charge in [-0.3, -0.25) is 0 Å². The van der Waals surface area contributed by atoms with Crippen molar-refractivity contribution < 1.29 is 77.9 Å². The Morgan fingerprint density at radius 1 is 0.679 bits per heavy atom. The molecule has 1 N–H and O–H groups in total. The van der Waals surface area contributed by atoms with Gasteiger partial charge in [-0.15, -0.1) is 22.7 Å². The first-order valence-electron chi connectivity index (χ1n) is 24.4. The minimum absolute atomic E-state index is 0. The number of carbonyl (C=O) groups excluding carboxylic acids is 4. The van der Waals surface area contributed by atoms with Crippen LogP contribution in [0.15, 0.2) is 142 Å². The molecule has 3 heterocycles. The van der Waals surface area contributed by atoms with E-state index in [2.05, 4.69) is 73.8 Å². The number of cyclic esters (lactones) is 2. The molecule has 0 unspecified atom stereocenters. The fourth-order valence-corrected chi connectivity index (χ4v) is 8.91. The van der Waals surface area contributed by atoms with Crippen LogP contribution in [0.25, 0.3) is 14.5 Å². The second-order valence-corrected chi connectivity index (χ2v) is 18.8. The van der Waals surface area contributed by atoms with E-state index < -0.39 is 23.9 Å². The number of rotatable bonds is 23. The number of thiophene rings is 2. The number of benzene rings is 4. The maximum absolute atomic E-state index is 11.4. The Kier molecular flexibility index (Phi) is 27.7. The molecule has 0 spiro atoms. The third kappa shape index (κ3) is 20.9. The van der Waals surface area contributed by atoms with Gasteiger partial charge in [-0.1, -0.05) is 67.6 Å². The van der Waals surface area contributed by atoms with Crippen LogP contribution in [0.2, 0.25) is 0 Å². The largest absolute Gasteiger partial charge is 1.00 e. The third-order valence-electron chi connectivity index (χ3n) is 11.2. The number of ether oxygens (including phenoxy) is 4. The second-order valence-electron chi connectivity index (χ2n) is 16.8. The molecule has 0 amide bonds. The number of nitrogens with zero attached hydrogens (tertiary/aromatic N) is 10. The summed E-state index contributed by atoms with van der Waals surface area (Å²) < 4.78 is 20.0. The average Bonchev–Trinajstić information content (AvgIpc) is 4.11. The van der Waals surface area contributed by atoms with Gasteiger partial charge in [0.05, 0.1) is 75.0 Å². The number of carboxylic acid groups (broad SMARTS) is 1. The van der Waals surface area contributed by atoms with Crippen LogP contribution in [0.3, 0.4) is 0 Å². The summed E-state index contributed by atoms with van der Waals surface area (Å²) in [5.41, 5.74) is 9.49. The summed E-state index contributed by atoms with van der Waals surface area (Å²) >= 11 is 2.34. The average molecular weight is 1140 g/mol. The number of carbonyl (C=O) groups is 4. The zero-order valence-electron chi connectivity index (χ0n) is 45.0. The van der Waals surface area contributed by atoms with Crippen LogP contribution in [0.5, 0.6) is 0 Å². The summed E-state index contributed by atoms with van der Waals surface area (Å²) in [6.07, 6.45) is 3.57. The molecule has 0 radical (unpaired) electrons. The normalized spacial score (nSPS) is 11.3. The van der Waals surface area contributed by atoms with Crippen molar-refractivity contribution >= 4 is 95.7 Å². The van der Waals surface area contributed by atoms with Crippen LogP contribution in [-0.2, 0) is 51.2 Å². The fraction of sp³-hybridized carbons (Fsp3) is 0.241. The van der Waals surface area contributed by atoms with Gasteiger partial charge in [-0.2, -0.15) is 25.7 Å². The molecule has 0 saturated carbocycles. The summed E-state index contributed by atoms with van der Waals surface area (Å²) in [6.45, 7) is 33.4. The van der Waals surface area contributed by atoms with E-state index in [9.17, 15) is 29.5 Å². The molecule has 2 aromatic heterocycles. The molecular formula is C58H53N10NaO10S2. The van der Waals surface area contributed by atoms with E-state index in [0.29, 0.717) is 99.3 Å². The van der Waals surface area contributed by atoms with Crippen LogP contribution < -0.4 is 44.5 Å². The maximum atomic E-state index is 11.4. The summed E-state index contributed by atoms with van der Waals surface area (Å²) in [4.78, 5) is 56.9. The van der Waals surface area contributed by atoms with Crippen LogP contribution >= 0.6 is 22.7 Å². The molecule has 1 aliphatic heterocycles. The Labute approximate surface area is 499 Å². The first-order chi connectivity index (χ1) is 38.7. The summed E-state index contributed by atoms with van der Waals surface area (Å²) in [5.74, 6) is -3.41. The summed E-state index contributed by atoms with van der Waals surface area (Å²) in [6, 6.07) is 34.1. The number of hydrogen-bond acceptors (Lipinski definition) is 19. The van der Waals surface area contributed by atoms with Gasteiger partial charge in [-0.05, 0) is 96.6 Å². The molecule has 0 aliphatic carbocycles. The molecular weight excluding hydrogens is 1080 g/mol.